The first-order chi connectivity index (χ1) is 4.51. The molecule has 0 aliphatic carbocycles. The van der Waals surface area contributed by atoms with E-state index in [1.807, 2.05) is 20.8 Å². The molecule has 1 rings (SSSR count). The first-order valence-corrected chi connectivity index (χ1v) is 3.49. The lowest BCUT2D eigenvalue weighted by Crippen LogP contribution is -2.29. The highest BCUT2D eigenvalue weighted by molar-refractivity contribution is 5.11. The quantitative estimate of drug-likeness (QED) is 0.507. The van der Waals surface area contributed by atoms with Gasteiger partial charge in [0, 0.05) is 0 Å². The predicted octanol–water partition coefficient (Wildman–Crippen LogP) is 2.43. The van der Waals surface area contributed by atoms with Gasteiger partial charge in [-0.3, -0.25) is 0 Å². The van der Waals surface area contributed by atoms with Crippen molar-refractivity contribution in [1.82, 2.24) is 0 Å². The van der Waals surface area contributed by atoms with E-state index >= 15 is 0 Å². The van der Waals surface area contributed by atoms with E-state index < -0.39 is 0 Å². The predicted molar refractivity (Wildman–Crippen MR) is 38.5 cm³/mol. The normalized spacial score (nSPS) is 25.2. The zero-order valence-electron chi connectivity index (χ0n) is 6.70. The maximum atomic E-state index is 12.7. The Hall–Kier alpha value is -0.370. The van der Waals surface area contributed by atoms with Crippen molar-refractivity contribution in [3.8, 4) is 0 Å². The van der Waals surface area contributed by atoms with E-state index in [1.54, 1.807) is 0 Å². The van der Waals surface area contributed by atoms with Crippen molar-refractivity contribution in [2.75, 3.05) is 6.61 Å². The van der Waals surface area contributed by atoms with E-state index in [0.717, 1.165) is 5.57 Å². The molecule has 0 aromatic carbocycles. The van der Waals surface area contributed by atoms with Crippen molar-refractivity contribution in [2.24, 2.45) is 0 Å². The third-order valence-electron chi connectivity index (χ3n) is 1.74. The standard InChI is InChI=1S/C8H13FO/c1-6-4-8(2,3)10-5-7(6)9/h4-5H2,1-3H3. The molecule has 0 radical (unpaired) electrons. The van der Waals surface area contributed by atoms with Crippen molar-refractivity contribution in [2.45, 2.75) is 32.8 Å². The molecule has 0 N–H and O–H groups in total. The molecular formula is C8H13FO. The van der Waals surface area contributed by atoms with Crippen LogP contribution in [0.2, 0.25) is 0 Å². The van der Waals surface area contributed by atoms with Crippen LogP contribution in [0.4, 0.5) is 4.39 Å². The van der Waals surface area contributed by atoms with Crippen LogP contribution in [0.5, 0.6) is 0 Å². The third-order valence-corrected chi connectivity index (χ3v) is 1.74. The fraction of sp³-hybridized carbons (Fsp3) is 0.750. The van der Waals surface area contributed by atoms with Crippen molar-refractivity contribution in [3.63, 3.8) is 0 Å². The van der Waals surface area contributed by atoms with Crippen LogP contribution in [0.15, 0.2) is 11.4 Å². The van der Waals surface area contributed by atoms with Gasteiger partial charge in [0.1, 0.15) is 5.83 Å². The van der Waals surface area contributed by atoms with Gasteiger partial charge in [0.25, 0.3) is 0 Å². The minimum atomic E-state index is -0.167. The maximum Gasteiger partial charge on any atom is 0.125 e. The molecule has 2 heteroatoms. The number of ether oxygens (including phenoxy) is 1. The van der Waals surface area contributed by atoms with Crippen molar-refractivity contribution >= 4 is 0 Å². The second kappa shape index (κ2) is 2.35. The summed E-state index contributed by atoms with van der Waals surface area (Å²) in [5.74, 6) is -0.0978. The van der Waals surface area contributed by atoms with Gasteiger partial charge in [-0.25, -0.2) is 4.39 Å². The molecule has 1 nitrogen and oxygen atoms in total. The van der Waals surface area contributed by atoms with E-state index in [1.165, 1.54) is 0 Å². The van der Waals surface area contributed by atoms with Crippen LogP contribution in [-0.2, 0) is 4.74 Å². The van der Waals surface area contributed by atoms with Gasteiger partial charge in [-0.05, 0) is 32.8 Å². The average Bonchev–Trinajstić information content (AvgIpc) is 1.79. The molecule has 0 amide bonds. The van der Waals surface area contributed by atoms with Crippen LogP contribution in [0.25, 0.3) is 0 Å². The Labute approximate surface area is 60.9 Å². The molecule has 1 heterocycles. The summed E-state index contributed by atoms with van der Waals surface area (Å²) in [6.45, 7) is 5.92. The Morgan fingerprint density at radius 3 is 2.50 bits per heavy atom. The summed E-state index contributed by atoms with van der Waals surface area (Å²) >= 11 is 0. The molecule has 0 saturated heterocycles. The topological polar surface area (TPSA) is 9.23 Å². The summed E-state index contributed by atoms with van der Waals surface area (Å²) in [6.07, 6.45) is 0.707. The molecule has 0 bridgehead atoms. The fourth-order valence-electron chi connectivity index (χ4n) is 1.17. The minimum Gasteiger partial charge on any atom is -0.368 e. The third kappa shape index (κ3) is 1.57. The summed E-state index contributed by atoms with van der Waals surface area (Å²) in [5, 5.41) is 0. The molecule has 0 unspecified atom stereocenters. The lowest BCUT2D eigenvalue weighted by Gasteiger charge is -2.29. The van der Waals surface area contributed by atoms with Gasteiger partial charge in [-0.1, -0.05) is 0 Å². The Kier molecular flexibility index (Phi) is 1.82. The van der Waals surface area contributed by atoms with Gasteiger partial charge >= 0.3 is 0 Å². The largest absolute Gasteiger partial charge is 0.368 e. The number of halogens is 1. The van der Waals surface area contributed by atoms with E-state index in [2.05, 4.69) is 0 Å². The maximum absolute atomic E-state index is 12.7. The molecule has 10 heavy (non-hydrogen) atoms. The second-order valence-corrected chi connectivity index (χ2v) is 3.41. The summed E-state index contributed by atoms with van der Waals surface area (Å²) in [5.41, 5.74) is 0.663. The molecule has 1 aliphatic heterocycles. The van der Waals surface area contributed by atoms with Gasteiger partial charge in [-0.2, -0.15) is 0 Å². The van der Waals surface area contributed by atoms with E-state index in [4.69, 9.17) is 4.74 Å². The number of rotatable bonds is 0. The fourth-order valence-corrected chi connectivity index (χ4v) is 1.17. The van der Waals surface area contributed by atoms with E-state index in [9.17, 15) is 4.39 Å². The van der Waals surface area contributed by atoms with Gasteiger partial charge < -0.3 is 4.74 Å². The molecule has 0 aromatic rings. The van der Waals surface area contributed by atoms with Crippen LogP contribution in [-0.4, -0.2) is 12.2 Å². The summed E-state index contributed by atoms with van der Waals surface area (Å²) in [4.78, 5) is 0. The van der Waals surface area contributed by atoms with E-state index in [-0.39, 0.29) is 18.0 Å². The Balaban J connectivity index is 2.72. The van der Waals surface area contributed by atoms with Crippen LogP contribution in [0.1, 0.15) is 27.2 Å². The highest BCUT2D eigenvalue weighted by Crippen LogP contribution is 2.28. The molecule has 1 aliphatic rings. The van der Waals surface area contributed by atoms with Gasteiger partial charge in [-0.15, -0.1) is 0 Å². The van der Waals surface area contributed by atoms with Crippen LogP contribution in [0.3, 0.4) is 0 Å². The SMILES string of the molecule is CC1=C(F)COC(C)(C)C1. The summed E-state index contributed by atoms with van der Waals surface area (Å²) < 4.78 is 17.9. The minimum absolute atomic E-state index is 0.0978. The summed E-state index contributed by atoms with van der Waals surface area (Å²) in [7, 11) is 0. The van der Waals surface area contributed by atoms with Crippen LogP contribution in [0, 0.1) is 0 Å². The second-order valence-electron chi connectivity index (χ2n) is 3.41. The molecule has 58 valence electrons. The first-order valence-electron chi connectivity index (χ1n) is 3.49. The molecule has 0 atom stereocenters. The van der Waals surface area contributed by atoms with Crippen LogP contribution >= 0.6 is 0 Å². The van der Waals surface area contributed by atoms with Gasteiger partial charge in [0.05, 0.1) is 12.2 Å². The number of hydrogen-bond acceptors (Lipinski definition) is 1. The van der Waals surface area contributed by atoms with Gasteiger partial charge in [0.15, 0.2) is 0 Å². The average molecular weight is 144 g/mol. The zero-order chi connectivity index (χ0) is 7.78. The Bertz CT molecular complexity index is 170. The van der Waals surface area contributed by atoms with Crippen molar-refractivity contribution in [3.05, 3.63) is 11.4 Å². The molecule has 0 aromatic heterocycles. The Morgan fingerprint density at radius 2 is 2.10 bits per heavy atom. The molecule has 0 spiro atoms. The molecule has 0 saturated carbocycles. The summed E-state index contributed by atoms with van der Waals surface area (Å²) in [6, 6.07) is 0. The zero-order valence-corrected chi connectivity index (χ0v) is 6.70. The molecular weight excluding hydrogens is 131 g/mol. The van der Waals surface area contributed by atoms with Crippen molar-refractivity contribution in [1.29, 1.82) is 0 Å². The molecule has 0 fully saturated rings. The lowest BCUT2D eigenvalue weighted by molar-refractivity contribution is -0.0228. The Morgan fingerprint density at radius 1 is 1.50 bits per heavy atom. The van der Waals surface area contributed by atoms with Gasteiger partial charge in [0.2, 0.25) is 0 Å². The number of hydrogen-bond donors (Lipinski definition) is 0. The monoisotopic (exact) mass is 144 g/mol. The van der Waals surface area contributed by atoms with Crippen LogP contribution < -0.4 is 0 Å². The highest BCUT2D eigenvalue weighted by atomic mass is 19.1. The smallest absolute Gasteiger partial charge is 0.125 e. The highest BCUT2D eigenvalue weighted by Gasteiger charge is 2.25. The lowest BCUT2D eigenvalue weighted by atomic mass is 9.96. The van der Waals surface area contributed by atoms with E-state index in [0.29, 0.717) is 6.42 Å². The van der Waals surface area contributed by atoms with Crippen molar-refractivity contribution < 1.29 is 9.13 Å². The first kappa shape index (κ1) is 7.73.